The number of nitrogens with one attached hydrogen (secondary N) is 1. The number of aryl methyl sites for hydroxylation is 3. The number of aromatic nitrogens is 2. The molecule has 4 N–H and O–H groups in total. The number of hydrogen-bond donors (Lipinski definition) is 4. The SMILES string of the molecule is Cc1ccc(C)c([C@H]2C[C@H](OP(=O)(O)OC[C@H]3O[C@@H](n4cc(C)c(=O)[nH]c4=O)C[C@@H]3O)[C@@H](CO)O2)c1. The smallest absolute Gasteiger partial charge is 0.394 e. The molecule has 0 amide bonds. The van der Waals surface area contributed by atoms with E-state index in [1.54, 1.807) is 0 Å². The van der Waals surface area contributed by atoms with Gasteiger partial charge in [-0.3, -0.25) is 23.4 Å². The van der Waals surface area contributed by atoms with Gasteiger partial charge in [-0.15, -0.1) is 0 Å². The van der Waals surface area contributed by atoms with E-state index in [0.29, 0.717) is 0 Å². The lowest BCUT2D eigenvalue weighted by atomic mass is 9.98. The Hall–Kier alpha value is -2.15. The minimum Gasteiger partial charge on any atom is -0.394 e. The molecule has 12 nitrogen and oxygen atoms in total. The number of benzene rings is 1. The Balaban J connectivity index is 1.37. The molecule has 2 aliphatic rings. The zero-order valence-corrected chi connectivity index (χ0v) is 21.1. The van der Waals surface area contributed by atoms with Crippen LogP contribution < -0.4 is 11.2 Å². The first-order valence-corrected chi connectivity index (χ1v) is 13.1. The molecular weight excluding hydrogens is 495 g/mol. The number of aliphatic hydroxyl groups excluding tert-OH is 2. The molecule has 1 unspecified atom stereocenters. The quantitative estimate of drug-likeness (QED) is 0.366. The van der Waals surface area contributed by atoms with Crippen LogP contribution in [0.25, 0.3) is 0 Å². The molecule has 4 rings (SSSR count). The second-order valence-electron chi connectivity index (χ2n) is 9.26. The fraction of sp³-hybridized carbons (Fsp3) is 0.565. The van der Waals surface area contributed by atoms with Crippen molar-refractivity contribution in [3.8, 4) is 0 Å². The van der Waals surface area contributed by atoms with Gasteiger partial charge in [-0.1, -0.05) is 23.8 Å². The summed E-state index contributed by atoms with van der Waals surface area (Å²) in [7, 11) is -4.62. The number of ether oxygens (including phenoxy) is 2. The van der Waals surface area contributed by atoms with Crippen LogP contribution in [-0.2, 0) is 23.1 Å². The first-order chi connectivity index (χ1) is 17.0. The average molecular weight is 526 g/mol. The van der Waals surface area contributed by atoms with Gasteiger partial charge < -0.3 is 24.6 Å². The van der Waals surface area contributed by atoms with Gasteiger partial charge in [0, 0.05) is 24.6 Å². The molecule has 1 aromatic heterocycles. The van der Waals surface area contributed by atoms with E-state index in [-0.39, 0.29) is 18.4 Å². The summed E-state index contributed by atoms with van der Waals surface area (Å²) < 4.78 is 35.8. The fourth-order valence-corrected chi connectivity index (χ4v) is 5.46. The lowest BCUT2D eigenvalue weighted by molar-refractivity contribution is -0.0529. The molecule has 198 valence electrons. The molecule has 2 fully saturated rings. The molecule has 36 heavy (non-hydrogen) atoms. The van der Waals surface area contributed by atoms with Crippen LogP contribution in [0.1, 0.15) is 47.4 Å². The third kappa shape index (κ3) is 5.87. The van der Waals surface area contributed by atoms with Crippen molar-refractivity contribution >= 4 is 7.82 Å². The van der Waals surface area contributed by atoms with Crippen LogP contribution in [0, 0.1) is 20.8 Å². The van der Waals surface area contributed by atoms with Crippen molar-refractivity contribution in [2.75, 3.05) is 13.2 Å². The maximum atomic E-state index is 12.7. The summed E-state index contributed by atoms with van der Waals surface area (Å²) in [6.45, 7) is 4.51. The van der Waals surface area contributed by atoms with Crippen molar-refractivity contribution in [1.29, 1.82) is 0 Å². The first kappa shape index (κ1) is 26.9. The van der Waals surface area contributed by atoms with Crippen LogP contribution in [0.15, 0.2) is 34.0 Å². The molecule has 13 heteroatoms. The van der Waals surface area contributed by atoms with Gasteiger partial charge in [0.1, 0.15) is 24.5 Å². The topological polar surface area (TPSA) is 170 Å². The van der Waals surface area contributed by atoms with Crippen molar-refractivity contribution in [2.24, 2.45) is 0 Å². The molecular formula is C23H31N2O10P. The molecule has 0 aliphatic carbocycles. The van der Waals surface area contributed by atoms with Crippen molar-refractivity contribution < 1.29 is 38.2 Å². The van der Waals surface area contributed by atoms with Gasteiger partial charge >= 0.3 is 13.5 Å². The zero-order chi connectivity index (χ0) is 26.2. The van der Waals surface area contributed by atoms with Crippen molar-refractivity contribution in [1.82, 2.24) is 9.55 Å². The van der Waals surface area contributed by atoms with Crippen LogP contribution >= 0.6 is 7.82 Å². The standard InChI is InChI=1S/C23H31N2O10P/c1-12-4-5-13(2)15(6-12)17-8-18(19(10-26)33-17)35-36(30,31)32-11-20-16(27)7-21(34-20)25-9-14(3)22(28)24-23(25)29/h4-6,9,16-21,26-27H,7-8,10-11H2,1-3H3,(H,30,31)(H,24,28,29)/t16-,17+,18-,19+,20+,21+/m0/s1. The number of phosphoric ester groups is 1. The average Bonchev–Trinajstić information content (AvgIpc) is 3.38. The number of hydrogen-bond acceptors (Lipinski definition) is 9. The van der Waals surface area contributed by atoms with E-state index in [1.807, 2.05) is 32.0 Å². The zero-order valence-electron chi connectivity index (χ0n) is 20.2. The number of rotatable bonds is 8. The third-order valence-electron chi connectivity index (χ3n) is 6.49. The van der Waals surface area contributed by atoms with Gasteiger partial charge in [0.2, 0.25) is 0 Å². The molecule has 2 aromatic rings. The Morgan fingerprint density at radius 2 is 1.89 bits per heavy atom. The van der Waals surface area contributed by atoms with E-state index in [0.717, 1.165) is 21.3 Å². The second-order valence-corrected chi connectivity index (χ2v) is 10.7. The monoisotopic (exact) mass is 526 g/mol. The highest BCUT2D eigenvalue weighted by molar-refractivity contribution is 7.47. The van der Waals surface area contributed by atoms with E-state index in [4.69, 9.17) is 18.5 Å². The van der Waals surface area contributed by atoms with Crippen molar-refractivity contribution in [2.45, 2.75) is 70.4 Å². The number of aliphatic hydroxyl groups is 2. The van der Waals surface area contributed by atoms with Crippen LogP contribution in [0.4, 0.5) is 0 Å². The molecule has 0 bridgehead atoms. The predicted octanol–water partition coefficient (Wildman–Crippen LogP) is 1.13. The van der Waals surface area contributed by atoms with E-state index >= 15 is 0 Å². The van der Waals surface area contributed by atoms with Gasteiger partial charge in [-0.05, 0) is 31.9 Å². The van der Waals surface area contributed by atoms with E-state index < -0.39 is 69.0 Å². The minimum absolute atomic E-state index is 0.0105. The van der Waals surface area contributed by atoms with Crippen LogP contribution in [-0.4, -0.2) is 62.3 Å². The molecule has 0 spiro atoms. The molecule has 2 aliphatic heterocycles. The normalized spacial score (nSPS) is 29.9. The van der Waals surface area contributed by atoms with E-state index in [1.165, 1.54) is 13.1 Å². The summed E-state index contributed by atoms with van der Waals surface area (Å²) in [5, 5.41) is 20.1. The number of aromatic amines is 1. The van der Waals surface area contributed by atoms with Crippen LogP contribution in [0.2, 0.25) is 0 Å². The molecule has 1 aromatic carbocycles. The number of phosphoric acid groups is 1. The largest absolute Gasteiger partial charge is 0.472 e. The second kappa shape index (κ2) is 10.7. The highest BCUT2D eigenvalue weighted by Crippen LogP contribution is 2.49. The van der Waals surface area contributed by atoms with Gasteiger partial charge in [-0.25, -0.2) is 9.36 Å². The molecule has 0 radical (unpaired) electrons. The summed E-state index contributed by atoms with van der Waals surface area (Å²) in [6, 6.07) is 5.90. The van der Waals surface area contributed by atoms with Gasteiger partial charge in [0.15, 0.2) is 0 Å². The first-order valence-electron chi connectivity index (χ1n) is 11.6. The molecule has 0 saturated carbocycles. The highest BCUT2D eigenvalue weighted by atomic mass is 31.2. The Kier molecular flexibility index (Phi) is 7.98. The number of nitrogens with zero attached hydrogens (tertiary/aromatic N) is 1. The minimum atomic E-state index is -4.62. The van der Waals surface area contributed by atoms with Gasteiger partial charge in [0.25, 0.3) is 5.56 Å². The van der Waals surface area contributed by atoms with E-state index in [2.05, 4.69) is 4.98 Å². The molecule has 2 saturated heterocycles. The summed E-state index contributed by atoms with van der Waals surface area (Å²) in [5.41, 5.74) is 2.00. The van der Waals surface area contributed by atoms with Gasteiger partial charge in [0.05, 0.1) is 25.4 Å². The summed E-state index contributed by atoms with van der Waals surface area (Å²) in [5.74, 6) is 0. The van der Waals surface area contributed by atoms with Crippen LogP contribution in [0.5, 0.6) is 0 Å². The van der Waals surface area contributed by atoms with Crippen LogP contribution in [0.3, 0.4) is 0 Å². The summed E-state index contributed by atoms with van der Waals surface area (Å²) in [4.78, 5) is 36.2. The third-order valence-corrected chi connectivity index (χ3v) is 7.51. The van der Waals surface area contributed by atoms with Crippen molar-refractivity contribution in [3.05, 3.63) is 67.5 Å². The maximum Gasteiger partial charge on any atom is 0.472 e. The van der Waals surface area contributed by atoms with Crippen molar-refractivity contribution in [3.63, 3.8) is 0 Å². The fourth-order valence-electron chi connectivity index (χ4n) is 4.50. The molecule has 3 heterocycles. The Bertz CT molecular complexity index is 1260. The highest BCUT2D eigenvalue weighted by Gasteiger charge is 2.43. The Morgan fingerprint density at radius 1 is 1.14 bits per heavy atom. The predicted molar refractivity (Wildman–Crippen MR) is 126 cm³/mol. The summed E-state index contributed by atoms with van der Waals surface area (Å²) in [6.07, 6.45) is -3.59. The maximum absolute atomic E-state index is 12.7. The lowest BCUT2D eigenvalue weighted by Gasteiger charge is -2.22. The Morgan fingerprint density at radius 3 is 2.61 bits per heavy atom. The lowest BCUT2D eigenvalue weighted by Crippen LogP contribution is -2.33. The van der Waals surface area contributed by atoms with Gasteiger partial charge in [-0.2, -0.15) is 0 Å². The molecule has 7 atom stereocenters. The van der Waals surface area contributed by atoms with E-state index in [9.17, 15) is 29.3 Å². The number of H-pyrrole nitrogens is 1. The Labute approximate surface area is 207 Å². The summed E-state index contributed by atoms with van der Waals surface area (Å²) >= 11 is 0.